The molecule has 0 aliphatic heterocycles. The SMILES string of the molecule is C[Si](C)(C)OC(/C=C/c1ccc([N+](=O)[O-])cc1)=C/c1ccccc1. The summed E-state index contributed by atoms with van der Waals surface area (Å²) in [5.41, 5.74) is 2.04. The van der Waals surface area contributed by atoms with Crippen LogP contribution in [-0.4, -0.2) is 13.2 Å². The van der Waals surface area contributed by atoms with Gasteiger partial charge in [0.15, 0.2) is 0 Å². The minimum Gasteiger partial charge on any atom is -0.544 e. The van der Waals surface area contributed by atoms with Crippen molar-refractivity contribution in [2.75, 3.05) is 0 Å². The third-order valence-electron chi connectivity index (χ3n) is 3.08. The number of nitro benzene ring substituents is 1. The molecule has 0 bridgehead atoms. The lowest BCUT2D eigenvalue weighted by molar-refractivity contribution is -0.384. The molecule has 0 unspecified atom stereocenters. The average molecular weight is 339 g/mol. The average Bonchev–Trinajstić information content (AvgIpc) is 2.52. The van der Waals surface area contributed by atoms with E-state index in [4.69, 9.17) is 4.43 Å². The number of hydrogen-bond donors (Lipinski definition) is 0. The first-order valence-corrected chi connectivity index (χ1v) is 11.1. The van der Waals surface area contributed by atoms with E-state index in [1.54, 1.807) is 12.1 Å². The Balaban J connectivity index is 2.24. The maximum absolute atomic E-state index is 10.7. The number of hydrogen-bond acceptors (Lipinski definition) is 3. The van der Waals surface area contributed by atoms with Crippen molar-refractivity contribution in [3.8, 4) is 0 Å². The highest BCUT2D eigenvalue weighted by Crippen LogP contribution is 2.18. The van der Waals surface area contributed by atoms with Crippen molar-refractivity contribution >= 4 is 26.2 Å². The van der Waals surface area contributed by atoms with Crippen LogP contribution in [0.5, 0.6) is 0 Å². The molecule has 0 aliphatic rings. The van der Waals surface area contributed by atoms with E-state index >= 15 is 0 Å². The summed E-state index contributed by atoms with van der Waals surface area (Å²) in [5, 5.41) is 10.7. The van der Waals surface area contributed by atoms with Crippen LogP contribution in [0.15, 0.2) is 66.4 Å². The molecule has 0 fully saturated rings. The smallest absolute Gasteiger partial charge is 0.269 e. The van der Waals surface area contributed by atoms with Crippen LogP contribution in [0.25, 0.3) is 12.2 Å². The molecule has 0 N–H and O–H groups in total. The summed E-state index contributed by atoms with van der Waals surface area (Å²) in [5.74, 6) is 0.790. The zero-order valence-corrected chi connectivity index (χ0v) is 15.1. The Morgan fingerprint density at radius 1 is 1.00 bits per heavy atom. The van der Waals surface area contributed by atoms with Gasteiger partial charge < -0.3 is 4.43 Å². The third-order valence-corrected chi connectivity index (χ3v) is 3.92. The molecule has 0 saturated carbocycles. The minimum absolute atomic E-state index is 0.0885. The molecule has 0 heterocycles. The fraction of sp³-hybridized carbons (Fsp3) is 0.158. The fourth-order valence-electron chi connectivity index (χ4n) is 2.06. The summed E-state index contributed by atoms with van der Waals surface area (Å²) in [6.45, 7) is 6.39. The Morgan fingerprint density at radius 3 is 2.17 bits per heavy atom. The Bertz CT molecular complexity index is 744. The molecule has 0 aromatic heterocycles. The number of nitrogens with zero attached hydrogens (tertiary/aromatic N) is 1. The van der Waals surface area contributed by atoms with E-state index < -0.39 is 13.2 Å². The van der Waals surface area contributed by atoms with E-state index in [-0.39, 0.29) is 5.69 Å². The molecule has 124 valence electrons. The van der Waals surface area contributed by atoms with Crippen LogP contribution in [-0.2, 0) is 4.43 Å². The normalized spacial score (nSPS) is 12.4. The van der Waals surface area contributed by atoms with E-state index in [2.05, 4.69) is 19.6 Å². The number of nitro groups is 1. The molecular weight excluding hydrogens is 318 g/mol. The van der Waals surface area contributed by atoms with Crippen LogP contribution in [0, 0.1) is 10.1 Å². The summed E-state index contributed by atoms with van der Waals surface area (Å²) in [7, 11) is -1.75. The first kappa shape index (κ1) is 17.7. The quantitative estimate of drug-likeness (QED) is 0.229. The Labute approximate surface area is 143 Å². The molecule has 5 heteroatoms. The lowest BCUT2D eigenvalue weighted by atomic mass is 10.1. The van der Waals surface area contributed by atoms with E-state index in [1.807, 2.05) is 48.6 Å². The summed E-state index contributed by atoms with van der Waals surface area (Å²) in [6, 6.07) is 16.4. The standard InChI is InChI=1S/C19H21NO3Si/c1-24(2,3)23-19(15-17-7-5-4-6-8-17)14-11-16-9-12-18(13-10-16)20(21)22/h4-15H,1-3H3/b14-11+,19-15+. The number of non-ortho nitro benzene ring substituents is 1. The third kappa shape index (κ3) is 5.85. The van der Waals surface area contributed by atoms with Crippen LogP contribution in [0.2, 0.25) is 19.6 Å². The van der Waals surface area contributed by atoms with E-state index in [1.165, 1.54) is 12.1 Å². The molecule has 24 heavy (non-hydrogen) atoms. The molecule has 0 radical (unpaired) electrons. The first-order chi connectivity index (χ1) is 11.3. The number of allylic oxidation sites excluding steroid dienone is 1. The summed E-state index contributed by atoms with van der Waals surface area (Å²) in [6.07, 6.45) is 5.81. The second-order valence-electron chi connectivity index (χ2n) is 6.35. The van der Waals surface area contributed by atoms with Crippen LogP contribution in [0.1, 0.15) is 11.1 Å². The maximum atomic E-state index is 10.7. The van der Waals surface area contributed by atoms with Gasteiger partial charge in [-0.05, 0) is 55.1 Å². The van der Waals surface area contributed by atoms with Crippen molar-refractivity contribution in [2.24, 2.45) is 0 Å². The second kappa shape index (κ2) is 7.74. The molecular formula is C19H21NO3Si. The fourth-order valence-corrected chi connectivity index (χ4v) is 2.90. The van der Waals surface area contributed by atoms with E-state index in [9.17, 15) is 10.1 Å². The second-order valence-corrected chi connectivity index (χ2v) is 10.8. The van der Waals surface area contributed by atoms with Gasteiger partial charge in [0.25, 0.3) is 5.69 Å². The highest BCUT2D eigenvalue weighted by atomic mass is 28.4. The minimum atomic E-state index is -1.75. The van der Waals surface area contributed by atoms with Crippen molar-refractivity contribution < 1.29 is 9.35 Å². The van der Waals surface area contributed by atoms with Crippen molar-refractivity contribution in [2.45, 2.75) is 19.6 Å². The van der Waals surface area contributed by atoms with Gasteiger partial charge in [-0.3, -0.25) is 10.1 Å². The van der Waals surface area contributed by atoms with Gasteiger partial charge in [0.05, 0.1) is 4.92 Å². The van der Waals surface area contributed by atoms with Crippen LogP contribution in [0.3, 0.4) is 0 Å². The zero-order valence-electron chi connectivity index (χ0n) is 14.1. The van der Waals surface area contributed by atoms with Gasteiger partial charge in [0.2, 0.25) is 8.32 Å². The molecule has 0 amide bonds. The number of rotatable bonds is 6. The van der Waals surface area contributed by atoms with E-state index in [0.29, 0.717) is 0 Å². The topological polar surface area (TPSA) is 52.4 Å². The van der Waals surface area contributed by atoms with Gasteiger partial charge in [0.1, 0.15) is 5.76 Å². The Hall–Kier alpha value is -2.66. The van der Waals surface area contributed by atoms with Gasteiger partial charge in [-0.2, -0.15) is 0 Å². The van der Waals surface area contributed by atoms with Crippen molar-refractivity contribution in [1.82, 2.24) is 0 Å². The van der Waals surface area contributed by atoms with E-state index in [0.717, 1.165) is 16.9 Å². The first-order valence-electron chi connectivity index (χ1n) is 7.72. The largest absolute Gasteiger partial charge is 0.544 e. The van der Waals surface area contributed by atoms with Gasteiger partial charge in [-0.1, -0.05) is 36.4 Å². The van der Waals surface area contributed by atoms with Crippen molar-refractivity contribution in [1.29, 1.82) is 0 Å². The van der Waals surface area contributed by atoms with Crippen LogP contribution < -0.4 is 0 Å². The zero-order chi connectivity index (χ0) is 17.6. The van der Waals surface area contributed by atoms with Gasteiger partial charge >= 0.3 is 0 Å². The molecule has 2 aromatic rings. The highest BCUT2D eigenvalue weighted by Gasteiger charge is 2.16. The molecule has 2 aromatic carbocycles. The van der Waals surface area contributed by atoms with Crippen LogP contribution >= 0.6 is 0 Å². The number of benzene rings is 2. The lowest BCUT2D eigenvalue weighted by Crippen LogP contribution is -2.24. The maximum Gasteiger partial charge on any atom is 0.269 e. The predicted octanol–water partition coefficient (Wildman–Crippen LogP) is 5.50. The molecule has 2 rings (SSSR count). The Morgan fingerprint density at radius 2 is 1.62 bits per heavy atom. The molecule has 0 atom stereocenters. The van der Waals surface area contributed by atoms with Crippen molar-refractivity contribution in [3.63, 3.8) is 0 Å². The van der Waals surface area contributed by atoms with Crippen LogP contribution in [0.4, 0.5) is 5.69 Å². The van der Waals surface area contributed by atoms with Gasteiger partial charge in [-0.25, -0.2) is 0 Å². The monoisotopic (exact) mass is 339 g/mol. The molecule has 4 nitrogen and oxygen atoms in total. The molecule has 0 saturated heterocycles. The predicted molar refractivity (Wildman–Crippen MR) is 101 cm³/mol. The highest BCUT2D eigenvalue weighted by molar-refractivity contribution is 6.70. The lowest BCUT2D eigenvalue weighted by Gasteiger charge is -2.20. The summed E-state index contributed by atoms with van der Waals surface area (Å²) in [4.78, 5) is 10.3. The van der Waals surface area contributed by atoms with Crippen molar-refractivity contribution in [3.05, 3.63) is 87.7 Å². The van der Waals surface area contributed by atoms with Gasteiger partial charge in [0, 0.05) is 12.1 Å². The molecule has 0 aliphatic carbocycles. The summed E-state index contributed by atoms with van der Waals surface area (Å²) >= 11 is 0. The van der Waals surface area contributed by atoms with Gasteiger partial charge in [-0.15, -0.1) is 0 Å². The Kier molecular flexibility index (Phi) is 5.71. The molecule has 0 spiro atoms. The summed E-state index contributed by atoms with van der Waals surface area (Å²) < 4.78 is 6.13.